The van der Waals surface area contributed by atoms with Gasteiger partial charge in [-0.3, -0.25) is 4.79 Å². The van der Waals surface area contributed by atoms with Crippen LogP contribution >= 0.6 is 0 Å². The van der Waals surface area contributed by atoms with Gasteiger partial charge in [-0.1, -0.05) is 25.1 Å². The molecule has 0 saturated heterocycles. The summed E-state index contributed by atoms with van der Waals surface area (Å²) < 4.78 is 2.21. The summed E-state index contributed by atoms with van der Waals surface area (Å²) in [6.07, 6.45) is 2.60. The standard InChI is InChI=1S/C20H23N3O/c1-6-16-9-7-8-13(2)19(16)23-14(3)10-17(15(23)4)11-18(12-21)20(24)22-5/h7-11H,6H2,1-5H3,(H,22,24)/b18-11-. The molecule has 24 heavy (non-hydrogen) atoms. The van der Waals surface area contributed by atoms with Crippen molar-refractivity contribution in [2.45, 2.75) is 34.1 Å². The van der Waals surface area contributed by atoms with Crippen LogP contribution in [0.1, 0.15) is 35.0 Å². The summed E-state index contributed by atoms with van der Waals surface area (Å²) in [4.78, 5) is 11.8. The Kier molecular flexibility index (Phi) is 5.25. The number of nitrogens with zero attached hydrogens (tertiary/aromatic N) is 2. The Morgan fingerprint density at radius 3 is 2.62 bits per heavy atom. The van der Waals surface area contributed by atoms with Crippen molar-refractivity contribution in [1.82, 2.24) is 9.88 Å². The molecule has 1 N–H and O–H groups in total. The maximum Gasteiger partial charge on any atom is 0.261 e. The predicted octanol–water partition coefficient (Wildman–Crippen LogP) is 3.62. The lowest BCUT2D eigenvalue weighted by Gasteiger charge is -2.17. The van der Waals surface area contributed by atoms with E-state index in [-0.39, 0.29) is 11.5 Å². The largest absolute Gasteiger partial charge is 0.354 e. The molecule has 0 spiro atoms. The summed E-state index contributed by atoms with van der Waals surface area (Å²) in [5.74, 6) is -0.368. The predicted molar refractivity (Wildman–Crippen MR) is 97.0 cm³/mol. The van der Waals surface area contributed by atoms with Crippen molar-refractivity contribution in [2.24, 2.45) is 0 Å². The maximum absolute atomic E-state index is 11.8. The van der Waals surface area contributed by atoms with Gasteiger partial charge < -0.3 is 9.88 Å². The fourth-order valence-electron chi connectivity index (χ4n) is 3.04. The van der Waals surface area contributed by atoms with Crippen LogP contribution in [0.4, 0.5) is 0 Å². The van der Waals surface area contributed by atoms with Crippen LogP contribution in [-0.2, 0) is 11.2 Å². The number of rotatable bonds is 4. The van der Waals surface area contributed by atoms with Crippen LogP contribution in [-0.4, -0.2) is 17.5 Å². The van der Waals surface area contributed by atoms with Crippen molar-refractivity contribution >= 4 is 12.0 Å². The molecule has 0 fully saturated rings. The van der Waals surface area contributed by atoms with Crippen molar-refractivity contribution < 1.29 is 4.79 Å². The maximum atomic E-state index is 11.8. The van der Waals surface area contributed by atoms with Crippen LogP contribution in [0.15, 0.2) is 29.8 Å². The Bertz CT molecular complexity index is 850. The molecule has 1 amide bonds. The van der Waals surface area contributed by atoms with Gasteiger partial charge in [-0.05, 0) is 56.0 Å². The van der Waals surface area contributed by atoms with Gasteiger partial charge in [0.25, 0.3) is 5.91 Å². The van der Waals surface area contributed by atoms with Gasteiger partial charge in [0.05, 0.1) is 5.69 Å². The number of hydrogen-bond donors (Lipinski definition) is 1. The smallest absolute Gasteiger partial charge is 0.261 e. The lowest BCUT2D eigenvalue weighted by atomic mass is 10.1. The minimum Gasteiger partial charge on any atom is -0.354 e. The van der Waals surface area contributed by atoms with Gasteiger partial charge >= 0.3 is 0 Å². The molecule has 4 heteroatoms. The highest BCUT2D eigenvalue weighted by Gasteiger charge is 2.15. The normalized spacial score (nSPS) is 11.2. The molecule has 2 aromatic rings. The number of carbonyl (C=O) groups is 1. The van der Waals surface area contributed by atoms with E-state index in [2.05, 4.69) is 41.9 Å². The molecule has 0 aliphatic rings. The molecule has 2 rings (SSSR count). The molecular weight excluding hydrogens is 298 g/mol. The van der Waals surface area contributed by atoms with Crippen LogP contribution in [0.5, 0.6) is 0 Å². The van der Waals surface area contributed by atoms with Gasteiger partial charge in [-0.2, -0.15) is 5.26 Å². The molecule has 0 bridgehead atoms. The lowest BCUT2D eigenvalue weighted by Crippen LogP contribution is -2.19. The third-order valence-electron chi connectivity index (χ3n) is 4.29. The van der Waals surface area contributed by atoms with E-state index in [0.717, 1.165) is 23.4 Å². The number of aryl methyl sites for hydroxylation is 3. The first-order valence-electron chi connectivity index (χ1n) is 8.06. The summed E-state index contributed by atoms with van der Waals surface area (Å²) in [6, 6.07) is 10.3. The zero-order valence-corrected chi connectivity index (χ0v) is 14.9. The Balaban J connectivity index is 2.66. The fourth-order valence-corrected chi connectivity index (χ4v) is 3.04. The molecule has 0 aliphatic carbocycles. The monoisotopic (exact) mass is 321 g/mol. The van der Waals surface area contributed by atoms with Gasteiger partial charge in [0.15, 0.2) is 0 Å². The van der Waals surface area contributed by atoms with E-state index < -0.39 is 0 Å². The van der Waals surface area contributed by atoms with Crippen molar-refractivity contribution in [2.75, 3.05) is 7.05 Å². The highest BCUT2D eigenvalue weighted by Crippen LogP contribution is 2.27. The average Bonchev–Trinajstić information content (AvgIpc) is 2.85. The molecule has 0 unspecified atom stereocenters. The molecule has 4 nitrogen and oxygen atoms in total. The summed E-state index contributed by atoms with van der Waals surface area (Å²) in [7, 11) is 1.53. The van der Waals surface area contributed by atoms with Crippen molar-refractivity contribution in [3.8, 4) is 11.8 Å². The highest BCUT2D eigenvalue weighted by molar-refractivity contribution is 6.01. The first kappa shape index (κ1) is 17.6. The average molecular weight is 321 g/mol. The number of likely N-dealkylation sites (N-methyl/N-ethyl adjacent to an activating group) is 1. The molecule has 0 atom stereocenters. The number of aromatic nitrogens is 1. The number of para-hydroxylation sites is 1. The zero-order valence-electron chi connectivity index (χ0n) is 14.9. The molecular formula is C20H23N3O. The van der Waals surface area contributed by atoms with E-state index >= 15 is 0 Å². The van der Waals surface area contributed by atoms with E-state index in [1.807, 2.05) is 26.0 Å². The first-order valence-corrected chi connectivity index (χ1v) is 8.06. The fraction of sp³-hybridized carbons (Fsp3) is 0.300. The number of benzene rings is 1. The SMILES string of the molecule is CCc1cccc(C)c1-n1c(C)cc(/C=C(/C#N)C(=O)NC)c1C. The van der Waals surface area contributed by atoms with Gasteiger partial charge in [0.1, 0.15) is 11.6 Å². The van der Waals surface area contributed by atoms with E-state index in [9.17, 15) is 10.1 Å². The summed E-state index contributed by atoms with van der Waals surface area (Å²) in [5, 5.41) is 11.7. The Hall–Kier alpha value is -2.80. The van der Waals surface area contributed by atoms with Crippen LogP contribution in [0.25, 0.3) is 11.8 Å². The van der Waals surface area contributed by atoms with E-state index in [0.29, 0.717) is 0 Å². The van der Waals surface area contributed by atoms with Crippen LogP contribution in [0, 0.1) is 32.1 Å². The van der Waals surface area contributed by atoms with Crippen LogP contribution in [0.3, 0.4) is 0 Å². The number of carbonyl (C=O) groups excluding carboxylic acids is 1. The number of hydrogen-bond acceptors (Lipinski definition) is 2. The lowest BCUT2D eigenvalue weighted by molar-refractivity contribution is -0.116. The number of nitrogens with one attached hydrogen (secondary N) is 1. The molecule has 1 heterocycles. The minimum absolute atomic E-state index is 0.109. The molecule has 0 radical (unpaired) electrons. The topological polar surface area (TPSA) is 57.8 Å². The Morgan fingerprint density at radius 1 is 1.33 bits per heavy atom. The summed E-state index contributed by atoms with van der Waals surface area (Å²) in [5.41, 5.74) is 6.77. The minimum atomic E-state index is -0.368. The van der Waals surface area contributed by atoms with Crippen molar-refractivity contribution in [3.63, 3.8) is 0 Å². The molecule has 1 aromatic carbocycles. The second-order valence-corrected chi connectivity index (χ2v) is 5.85. The Labute approximate surface area is 143 Å². The van der Waals surface area contributed by atoms with Gasteiger partial charge in [-0.15, -0.1) is 0 Å². The van der Waals surface area contributed by atoms with Crippen molar-refractivity contribution in [3.05, 3.63) is 57.9 Å². The molecule has 0 aliphatic heterocycles. The van der Waals surface area contributed by atoms with Gasteiger partial charge in [-0.25, -0.2) is 0 Å². The van der Waals surface area contributed by atoms with E-state index in [1.54, 1.807) is 6.08 Å². The van der Waals surface area contributed by atoms with Crippen LogP contribution in [0.2, 0.25) is 0 Å². The second kappa shape index (κ2) is 7.18. The zero-order chi connectivity index (χ0) is 17.9. The van der Waals surface area contributed by atoms with E-state index in [1.165, 1.54) is 23.9 Å². The van der Waals surface area contributed by atoms with Gasteiger partial charge in [0.2, 0.25) is 0 Å². The van der Waals surface area contributed by atoms with Crippen molar-refractivity contribution in [1.29, 1.82) is 5.26 Å². The first-order chi connectivity index (χ1) is 11.4. The third kappa shape index (κ3) is 3.11. The number of nitriles is 1. The van der Waals surface area contributed by atoms with Crippen LogP contribution < -0.4 is 5.32 Å². The van der Waals surface area contributed by atoms with E-state index in [4.69, 9.17) is 0 Å². The van der Waals surface area contributed by atoms with Gasteiger partial charge in [0, 0.05) is 18.4 Å². The number of amides is 1. The second-order valence-electron chi connectivity index (χ2n) is 5.85. The highest BCUT2D eigenvalue weighted by atomic mass is 16.1. The molecule has 1 aromatic heterocycles. The quantitative estimate of drug-likeness (QED) is 0.691. The third-order valence-corrected chi connectivity index (χ3v) is 4.29. The molecule has 0 saturated carbocycles. The molecule has 124 valence electrons. The summed E-state index contributed by atoms with van der Waals surface area (Å²) in [6.45, 7) is 8.31. The summed E-state index contributed by atoms with van der Waals surface area (Å²) >= 11 is 0. The Morgan fingerprint density at radius 2 is 2.04 bits per heavy atom.